The number of hydrogen-bond donors (Lipinski definition) is 5. The number of ether oxygens (including phenoxy) is 1. The first-order chi connectivity index (χ1) is 7.40. The second-order valence-electron chi connectivity index (χ2n) is 2.16. The van der Waals surface area contributed by atoms with Crippen molar-refractivity contribution in [2.75, 3.05) is 19.7 Å². The first-order valence-corrected chi connectivity index (χ1v) is 5.90. The van der Waals surface area contributed by atoms with E-state index in [9.17, 15) is 4.79 Å². The summed E-state index contributed by atoms with van der Waals surface area (Å²) in [5.41, 5.74) is 0. The lowest BCUT2D eigenvalue weighted by molar-refractivity contribution is 0.0966. The molecule has 0 radical (unpaired) electrons. The fourth-order valence-corrected chi connectivity index (χ4v) is 0.890. The monoisotopic (exact) mass is 302 g/mol. The van der Waals surface area contributed by atoms with Crippen molar-refractivity contribution in [3.05, 3.63) is 0 Å². The Labute approximate surface area is 116 Å². The number of rotatable bonds is 4. The highest BCUT2D eigenvalue weighted by Crippen LogP contribution is 1.77. The average Bonchev–Trinajstić information content (AvgIpc) is 2.12. The molecule has 0 atom stereocenters. The molecular weight excluding hydrogens is 288 g/mol. The summed E-state index contributed by atoms with van der Waals surface area (Å²) in [7, 11) is 0. The minimum absolute atomic E-state index is 0.231. The number of carboxylic acid groups (broad SMARTS) is 1. The van der Waals surface area contributed by atoms with Gasteiger partial charge in [-0.25, -0.2) is 4.79 Å². The number of carbonyl (C=O) groups is 1. The molecule has 0 spiro atoms. The Bertz CT molecular complexity index is 222. The van der Waals surface area contributed by atoms with Crippen molar-refractivity contribution in [1.29, 1.82) is 0 Å². The van der Waals surface area contributed by atoms with Gasteiger partial charge in [0.1, 0.15) is 8.64 Å². The molecule has 0 unspecified atom stereocenters. The second-order valence-corrected chi connectivity index (χ2v) is 4.48. The van der Waals surface area contributed by atoms with Crippen LogP contribution in [0.15, 0.2) is 0 Å². The van der Waals surface area contributed by atoms with Gasteiger partial charge in [0, 0.05) is 13.1 Å². The van der Waals surface area contributed by atoms with Crippen LogP contribution in [0.3, 0.4) is 0 Å². The molecule has 0 aliphatic carbocycles. The quantitative estimate of drug-likeness (QED) is 0.232. The maximum Gasteiger partial charge on any atom is 0.505 e. The van der Waals surface area contributed by atoms with Crippen LogP contribution in [0.1, 0.15) is 6.92 Å². The molecule has 0 aromatic carbocycles. The van der Waals surface area contributed by atoms with Gasteiger partial charge in [0.15, 0.2) is 0 Å². The molecule has 5 nitrogen and oxygen atoms in total. The predicted molar refractivity (Wildman–Crippen MR) is 78.8 cm³/mol. The Morgan fingerprint density at radius 3 is 1.75 bits per heavy atom. The van der Waals surface area contributed by atoms with Crippen molar-refractivity contribution in [2.45, 2.75) is 6.92 Å². The summed E-state index contributed by atoms with van der Waals surface area (Å²) in [4.78, 5) is 9.38. The Hall–Kier alpha value is -0.250. The van der Waals surface area contributed by atoms with E-state index in [0.29, 0.717) is 21.7 Å². The highest BCUT2D eigenvalue weighted by molar-refractivity contribution is 8.11. The van der Waals surface area contributed by atoms with E-state index in [2.05, 4.69) is 65.1 Å². The summed E-state index contributed by atoms with van der Waals surface area (Å²) in [6, 6.07) is 0. The van der Waals surface area contributed by atoms with E-state index in [1.165, 1.54) is 0 Å². The Morgan fingerprint density at radius 2 is 1.62 bits per heavy atom. The molecule has 0 bridgehead atoms. The van der Waals surface area contributed by atoms with Crippen molar-refractivity contribution in [3.8, 4) is 0 Å². The summed E-state index contributed by atoms with van der Waals surface area (Å²) in [5.74, 6) is 0. The van der Waals surface area contributed by atoms with E-state index in [1.54, 1.807) is 6.92 Å². The van der Waals surface area contributed by atoms with Crippen LogP contribution in [0.5, 0.6) is 0 Å². The smallest absolute Gasteiger partial charge is 0.450 e. The van der Waals surface area contributed by atoms with Gasteiger partial charge in [-0.05, 0) is 6.92 Å². The van der Waals surface area contributed by atoms with Crippen LogP contribution < -0.4 is 10.6 Å². The van der Waals surface area contributed by atoms with Gasteiger partial charge < -0.3 is 20.5 Å². The van der Waals surface area contributed by atoms with Crippen LogP contribution in [-0.2, 0) is 4.74 Å². The molecule has 0 saturated carbocycles. The van der Waals surface area contributed by atoms with Crippen molar-refractivity contribution >= 4 is 64.5 Å². The summed E-state index contributed by atoms with van der Waals surface area (Å²) in [6.07, 6.45) is -1.21. The van der Waals surface area contributed by atoms with Crippen molar-refractivity contribution in [1.82, 2.24) is 10.6 Å². The van der Waals surface area contributed by atoms with Crippen molar-refractivity contribution in [2.24, 2.45) is 0 Å². The minimum atomic E-state index is -1.21. The highest BCUT2D eigenvalue weighted by Gasteiger charge is 1.87. The van der Waals surface area contributed by atoms with Crippen LogP contribution >= 0.6 is 49.7 Å². The Morgan fingerprint density at radius 1 is 1.25 bits per heavy atom. The van der Waals surface area contributed by atoms with E-state index < -0.39 is 6.16 Å². The zero-order valence-electron chi connectivity index (χ0n) is 8.60. The van der Waals surface area contributed by atoms with Crippen LogP contribution in [0.2, 0.25) is 0 Å². The fraction of sp³-hybridized carbons (Fsp3) is 0.571. The third kappa shape index (κ3) is 23.5. The van der Waals surface area contributed by atoms with E-state index in [4.69, 9.17) is 5.11 Å². The number of hydrogen-bond acceptors (Lipinski definition) is 4. The largest absolute Gasteiger partial charge is 0.505 e. The van der Waals surface area contributed by atoms with Gasteiger partial charge in [-0.1, -0.05) is 24.4 Å². The lowest BCUT2D eigenvalue weighted by Gasteiger charge is -2.03. The molecule has 0 fully saturated rings. The molecule has 0 rings (SSSR count). The number of thiocarbonyl (C=S) groups is 2. The zero-order chi connectivity index (χ0) is 13.0. The van der Waals surface area contributed by atoms with Gasteiger partial charge in [-0.3, -0.25) is 0 Å². The average molecular weight is 302 g/mol. The summed E-state index contributed by atoms with van der Waals surface area (Å²) in [5, 5.41) is 13.4. The van der Waals surface area contributed by atoms with Gasteiger partial charge in [-0.2, -0.15) is 0 Å². The van der Waals surface area contributed by atoms with Gasteiger partial charge >= 0.3 is 6.16 Å². The third-order valence-electron chi connectivity index (χ3n) is 0.945. The molecule has 0 aliphatic heterocycles. The molecule has 16 heavy (non-hydrogen) atoms. The number of nitrogens with one attached hydrogen (secondary N) is 2. The standard InChI is InChI=1S/C4H8N2S4.C3H6O3/c7-3(8)5-1-2-6-4(9)10;1-2-6-3(4)5/h1-2H2,(H2,5,7,8)(H2,6,9,10);2H2,1H3,(H,4,5). The second kappa shape index (κ2) is 12.8. The van der Waals surface area contributed by atoms with Crippen molar-refractivity contribution < 1.29 is 14.6 Å². The molecule has 9 heteroatoms. The van der Waals surface area contributed by atoms with Gasteiger partial charge in [-0.15, -0.1) is 25.3 Å². The van der Waals surface area contributed by atoms with E-state index >= 15 is 0 Å². The van der Waals surface area contributed by atoms with Crippen LogP contribution in [0.25, 0.3) is 0 Å². The molecule has 3 N–H and O–H groups in total. The van der Waals surface area contributed by atoms with E-state index in [-0.39, 0.29) is 6.61 Å². The van der Waals surface area contributed by atoms with E-state index in [1.807, 2.05) is 0 Å². The van der Waals surface area contributed by atoms with Crippen LogP contribution in [0, 0.1) is 0 Å². The van der Waals surface area contributed by atoms with Gasteiger partial charge in [0.25, 0.3) is 0 Å². The highest BCUT2D eigenvalue weighted by atomic mass is 32.1. The molecular formula is C7H14N2O3S4. The normalized spacial score (nSPS) is 8.19. The maximum atomic E-state index is 9.38. The molecule has 0 heterocycles. The Balaban J connectivity index is 0. The molecule has 0 amide bonds. The minimum Gasteiger partial charge on any atom is -0.450 e. The van der Waals surface area contributed by atoms with Crippen LogP contribution in [-0.4, -0.2) is 39.6 Å². The molecule has 0 aliphatic rings. The SMILES string of the molecule is CCOC(=O)O.S=C(S)NCCNC(=S)S. The summed E-state index contributed by atoms with van der Waals surface area (Å²) < 4.78 is 4.94. The third-order valence-corrected chi connectivity index (χ3v) is 1.55. The summed E-state index contributed by atoms with van der Waals surface area (Å²) in [6.45, 7) is 3.27. The fourth-order valence-electron chi connectivity index (χ4n) is 0.462. The maximum absolute atomic E-state index is 9.38. The summed E-state index contributed by atoms with van der Waals surface area (Å²) >= 11 is 17.0. The molecule has 94 valence electrons. The first-order valence-electron chi connectivity index (χ1n) is 4.19. The zero-order valence-corrected chi connectivity index (χ0v) is 12.0. The van der Waals surface area contributed by atoms with Gasteiger partial charge in [0.2, 0.25) is 0 Å². The van der Waals surface area contributed by atoms with E-state index in [0.717, 1.165) is 0 Å². The lowest BCUT2D eigenvalue weighted by Crippen LogP contribution is -2.29. The molecule has 0 aromatic rings. The Kier molecular flexibility index (Phi) is 14.5. The molecule has 0 saturated heterocycles. The van der Waals surface area contributed by atoms with Gasteiger partial charge in [0.05, 0.1) is 6.61 Å². The molecule has 0 aromatic heterocycles. The lowest BCUT2D eigenvalue weighted by atomic mass is 10.6. The topological polar surface area (TPSA) is 70.6 Å². The number of thiol groups is 2. The first kappa shape index (κ1) is 18.1. The van der Waals surface area contributed by atoms with Crippen molar-refractivity contribution in [3.63, 3.8) is 0 Å². The predicted octanol–water partition coefficient (Wildman–Crippen LogP) is 1.30. The van der Waals surface area contributed by atoms with Crippen LogP contribution in [0.4, 0.5) is 4.79 Å².